The van der Waals surface area contributed by atoms with Gasteiger partial charge in [0.25, 0.3) is 0 Å². The Morgan fingerprint density at radius 2 is 1.74 bits per heavy atom. The first-order valence-electron chi connectivity index (χ1n) is 7.42. The fourth-order valence-electron chi connectivity index (χ4n) is 1.83. The Bertz CT molecular complexity index is 541. The lowest BCUT2D eigenvalue weighted by atomic mass is 10.1. The number of rotatable bonds is 7. The van der Waals surface area contributed by atoms with Crippen molar-refractivity contribution in [2.24, 2.45) is 5.92 Å². The van der Waals surface area contributed by atoms with Gasteiger partial charge in [-0.2, -0.15) is 13.2 Å². The first-order valence-corrected chi connectivity index (χ1v) is 8.80. The molecule has 23 heavy (non-hydrogen) atoms. The van der Waals surface area contributed by atoms with Crippen LogP contribution in [-0.2, 0) is 27.5 Å². The van der Waals surface area contributed by atoms with Crippen LogP contribution in [0.2, 0.25) is 0 Å². The molecule has 0 aromatic heterocycles. The van der Waals surface area contributed by atoms with Gasteiger partial charge in [0, 0.05) is 23.1 Å². The van der Waals surface area contributed by atoms with E-state index in [2.05, 4.69) is 5.32 Å². The van der Waals surface area contributed by atoms with Crippen molar-refractivity contribution in [1.29, 1.82) is 0 Å². The van der Waals surface area contributed by atoms with Crippen molar-refractivity contribution in [3.8, 4) is 0 Å². The number of hydrogen-bond acceptors (Lipinski definition) is 2. The van der Waals surface area contributed by atoms with E-state index in [-0.39, 0.29) is 11.7 Å². The highest BCUT2D eigenvalue weighted by molar-refractivity contribution is 7.85. The minimum absolute atomic E-state index is 0.0525. The Morgan fingerprint density at radius 3 is 2.22 bits per heavy atom. The smallest absolute Gasteiger partial charge is 0.355 e. The molecule has 0 aliphatic carbocycles. The molecule has 0 saturated carbocycles. The molecule has 1 rings (SSSR count). The summed E-state index contributed by atoms with van der Waals surface area (Å²) in [6.45, 7) is 6.17. The van der Waals surface area contributed by atoms with E-state index in [1.165, 1.54) is 12.1 Å². The summed E-state index contributed by atoms with van der Waals surface area (Å²) in [5.74, 6) is 0.218. The van der Waals surface area contributed by atoms with Gasteiger partial charge in [-0.3, -0.25) is 9.00 Å². The van der Waals surface area contributed by atoms with E-state index in [0.717, 1.165) is 18.6 Å². The Balaban J connectivity index is 2.56. The average Bonchev–Trinajstić information content (AvgIpc) is 2.45. The number of halogens is 3. The number of benzene rings is 1. The summed E-state index contributed by atoms with van der Waals surface area (Å²) >= 11 is 0. The number of carbonyl (C=O) groups is 1. The van der Waals surface area contributed by atoms with Gasteiger partial charge in [0.1, 0.15) is 5.25 Å². The van der Waals surface area contributed by atoms with E-state index >= 15 is 0 Å². The molecular weight excluding hydrogens is 327 g/mol. The van der Waals surface area contributed by atoms with E-state index < -0.39 is 27.8 Å². The summed E-state index contributed by atoms with van der Waals surface area (Å²) in [5, 5.41) is 2.02. The van der Waals surface area contributed by atoms with Crippen molar-refractivity contribution in [3.63, 3.8) is 0 Å². The molecule has 0 heterocycles. The van der Waals surface area contributed by atoms with Gasteiger partial charge in [0.2, 0.25) is 5.91 Å². The average molecular weight is 349 g/mol. The number of hydrogen-bond donors (Lipinski definition) is 1. The van der Waals surface area contributed by atoms with E-state index in [0.29, 0.717) is 18.0 Å². The van der Waals surface area contributed by atoms with Crippen LogP contribution >= 0.6 is 0 Å². The van der Waals surface area contributed by atoms with Crippen LogP contribution in [0.15, 0.2) is 24.3 Å². The first kappa shape index (κ1) is 19.7. The van der Waals surface area contributed by atoms with Crippen molar-refractivity contribution in [2.45, 2.75) is 44.4 Å². The monoisotopic (exact) mass is 349 g/mol. The lowest BCUT2D eigenvalue weighted by molar-refractivity contribution is -0.137. The van der Waals surface area contributed by atoms with Crippen LogP contribution in [-0.4, -0.2) is 21.9 Å². The highest BCUT2D eigenvalue weighted by atomic mass is 32.2. The molecule has 1 aromatic carbocycles. The third kappa shape index (κ3) is 6.72. The second-order valence-corrected chi connectivity index (χ2v) is 7.59. The molecule has 1 amide bonds. The zero-order valence-corrected chi connectivity index (χ0v) is 14.3. The predicted molar refractivity (Wildman–Crippen MR) is 85.2 cm³/mol. The predicted octanol–water partition coefficient (Wildman–Crippen LogP) is 3.50. The van der Waals surface area contributed by atoms with Crippen LogP contribution < -0.4 is 5.32 Å². The number of nitrogens with one attached hydrogen (secondary N) is 1. The second kappa shape index (κ2) is 8.47. The van der Waals surface area contributed by atoms with Crippen LogP contribution in [0, 0.1) is 5.92 Å². The summed E-state index contributed by atoms with van der Waals surface area (Å²) in [5.41, 5.74) is -0.232. The van der Waals surface area contributed by atoms with Gasteiger partial charge in [-0.15, -0.1) is 0 Å². The normalized spacial score (nSPS) is 14.6. The Hall–Kier alpha value is -1.37. The Labute approximate surface area is 137 Å². The number of alkyl halides is 3. The third-order valence-corrected chi connectivity index (χ3v) is 5.00. The zero-order chi connectivity index (χ0) is 17.6. The summed E-state index contributed by atoms with van der Waals surface area (Å²) in [4.78, 5) is 11.9. The van der Waals surface area contributed by atoms with Gasteiger partial charge in [-0.05, 0) is 37.0 Å². The van der Waals surface area contributed by atoms with Crippen LogP contribution in [0.5, 0.6) is 0 Å². The van der Waals surface area contributed by atoms with Gasteiger partial charge in [0.15, 0.2) is 0 Å². The molecule has 0 fully saturated rings. The molecule has 0 bridgehead atoms. The zero-order valence-electron chi connectivity index (χ0n) is 13.4. The van der Waals surface area contributed by atoms with Crippen molar-refractivity contribution in [1.82, 2.24) is 5.32 Å². The van der Waals surface area contributed by atoms with Gasteiger partial charge in [-0.1, -0.05) is 26.0 Å². The summed E-state index contributed by atoms with van der Waals surface area (Å²) < 4.78 is 49.6. The molecule has 2 unspecified atom stereocenters. The molecule has 1 aromatic rings. The molecule has 3 nitrogen and oxygen atoms in total. The summed E-state index contributed by atoms with van der Waals surface area (Å²) in [6.07, 6.45) is -3.55. The molecule has 0 saturated heterocycles. The van der Waals surface area contributed by atoms with Gasteiger partial charge in [0.05, 0.1) is 5.56 Å². The van der Waals surface area contributed by atoms with E-state index in [1.54, 1.807) is 6.92 Å². The minimum Gasteiger partial charge on any atom is -0.355 e. The molecule has 130 valence electrons. The molecule has 2 atom stereocenters. The van der Waals surface area contributed by atoms with Crippen molar-refractivity contribution in [3.05, 3.63) is 35.4 Å². The van der Waals surface area contributed by atoms with Crippen LogP contribution in [0.1, 0.15) is 38.3 Å². The van der Waals surface area contributed by atoms with Crippen molar-refractivity contribution < 1.29 is 22.2 Å². The molecule has 0 aliphatic rings. The van der Waals surface area contributed by atoms with Crippen LogP contribution in [0.25, 0.3) is 0 Å². The largest absolute Gasteiger partial charge is 0.416 e. The van der Waals surface area contributed by atoms with E-state index in [1.807, 2.05) is 13.8 Å². The molecule has 7 heteroatoms. The van der Waals surface area contributed by atoms with Gasteiger partial charge in [-0.25, -0.2) is 0 Å². The Kier molecular flexibility index (Phi) is 7.25. The van der Waals surface area contributed by atoms with E-state index in [9.17, 15) is 22.2 Å². The minimum atomic E-state index is -4.39. The fourth-order valence-corrected chi connectivity index (χ4v) is 2.92. The maximum Gasteiger partial charge on any atom is 0.416 e. The highest BCUT2D eigenvalue weighted by Gasteiger charge is 2.30. The van der Waals surface area contributed by atoms with Crippen molar-refractivity contribution >= 4 is 16.7 Å². The SMILES string of the molecule is CC(C)CCNC(=O)C(C)S(=O)Cc1ccc(C(F)(F)F)cc1. The standard InChI is InChI=1S/C16H22F3NO2S/c1-11(2)8-9-20-15(21)12(3)23(22)10-13-4-6-14(7-5-13)16(17,18)19/h4-7,11-12H,8-10H2,1-3H3,(H,20,21). The quantitative estimate of drug-likeness (QED) is 0.819. The van der Waals surface area contributed by atoms with Crippen molar-refractivity contribution in [2.75, 3.05) is 6.54 Å². The molecule has 0 aliphatic heterocycles. The topological polar surface area (TPSA) is 46.2 Å². The maximum absolute atomic E-state index is 12.5. The highest BCUT2D eigenvalue weighted by Crippen LogP contribution is 2.29. The molecule has 0 spiro atoms. The van der Waals surface area contributed by atoms with Gasteiger partial charge >= 0.3 is 6.18 Å². The molecular formula is C16H22F3NO2S. The molecule has 1 N–H and O–H groups in total. The number of carbonyl (C=O) groups excluding carboxylic acids is 1. The van der Waals surface area contributed by atoms with Crippen LogP contribution in [0.4, 0.5) is 13.2 Å². The lowest BCUT2D eigenvalue weighted by Crippen LogP contribution is -2.36. The van der Waals surface area contributed by atoms with Crippen LogP contribution in [0.3, 0.4) is 0 Å². The second-order valence-electron chi connectivity index (χ2n) is 5.84. The molecule has 0 radical (unpaired) electrons. The van der Waals surface area contributed by atoms with Gasteiger partial charge < -0.3 is 5.32 Å². The van der Waals surface area contributed by atoms with E-state index in [4.69, 9.17) is 0 Å². The first-order chi connectivity index (χ1) is 10.6. The summed E-state index contributed by atoms with van der Waals surface area (Å²) in [6, 6.07) is 4.51. The lowest BCUT2D eigenvalue weighted by Gasteiger charge is -2.13. The Morgan fingerprint density at radius 1 is 1.17 bits per heavy atom. The number of amides is 1. The fraction of sp³-hybridized carbons (Fsp3) is 0.562. The third-order valence-electron chi connectivity index (χ3n) is 3.37. The maximum atomic E-state index is 12.5. The summed E-state index contributed by atoms with van der Waals surface area (Å²) in [7, 11) is -1.48.